The number of aryl methyl sites for hydroxylation is 1. The maximum Gasteiger partial charge on any atom is 0.261 e. The summed E-state index contributed by atoms with van der Waals surface area (Å²) in [5.41, 5.74) is 0.453. The molecule has 1 amide bonds. The van der Waals surface area contributed by atoms with Crippen LogP contribution in [0.1, 0.15) is 12.2 Å². The molecule has 0 radical (unpaired) electrons. The highest BCUT2D eigenvalue weighted by molar-refractivity contribution is 5.79. The average Bonchev–Trinajstić information content (AvgIpc) is 3.02. The summed E-state index contributed by atoms with van der Waals surface area (Å²) in [6, 6.07) is 7.13. The van der Waals surface area contributed by atoms with Gasteiger partial charge in [-0.3, -0.25) is 14.2 Å². The van der Waals surface area contributed by atoms with E-state index in [1.165, 1.54) is 4.57 Å². The largest absolute Gasteiger partial charge is 0.383 e. The fourth-order valence-corrected chi connectivity index (χ4v) is 3.39. The van der Waals surface area contributed by atoms with E-state index in [1.54, 1.807) is 44.2 Å². The summed E-state index contributed by atoms with van der Waals surface area (Å²) in [5, 5.41) is 0.519. The lowest BCUT2D eigenvalue weighted by Gasteiger charge is -2.24. The number of carbonyl (C=O) groups is 1. The van der Waals surface area contributed by atoms with E-state index in [0.717, 1.165) is 6.42 Å². The van der Waals surface area contributed by atoms with Gasteiger partial charge in [0.2, 0.25) is 5.91 Å². The van der Waals surface area contributed by atoms with Gasteiger partial charge in [-0.1, -0.05) is 12.1 Å². The van der Waals surface area contributed by atoms with E-state index >= 15 is 0 Å². The minimum absolute atomic E-state index is 0.00310. The van der Waals surface area contributed by atoms with Crippen LogP contribution in [-0.4, -0.2) is 59.9 Å². The molecule has 1 aliphatic heterocycles. The van der Waals surface area contributed by atoms with Gasteiger partial charge in [0, 0.05) is 20.8 Å². The minimum Gasteiger partial charge on any atom is -0.383 e. The van der Waals surface area contributed by atoms with Crippen LogP contribution in [-0.2, 0) is 20.8 Å². The minimum atomic E-state index is -0.192. The van der Waals surface area contributed by atoms with E-state index in [2.05, 4.69) is 4.98 Å². The SMILES string of the molecule is COC[C@@H]1C[C@@H](OC)CN1C(=O)Cn1c(C)nc2ccccc2c1=O. The quantitative estimate of drug-likeness (QED) is 0.807. The Morgan fingerprint density at radius 2 is 2.08 bits per heavy atom. The van der Waals surface area contributed by atoms with Crippen molar-refractivity contribution in [3.8, 4) is 0 Å². The van der Waals surface area contributed by atoms with Gasteiger partial charge in [-0.15, -0.1) is 0 Å². The van der Waals surface area contributed by atoms with Crippen molar-refractivity contribution in [2.75, 3.05) is 27.4 Å². The Balaban J connectivity index is 1.88. The van der Waals surface area contributed by atoms with Crippen LogP contribution in [0.25, 0.3) is 10.9 Å². The predicted octanol–water partition coefficient (Wildman–Crippen LogP) is 0.967. The molecule has 0 aliphatic carbocycles. The molecule has 1 aromatic carbocycles. The van der Waals surface area contributed by atoms with Crippen LogP contribution in [0, 0.1) is 6.92 Å². The second kappa shape index (κ2) is 7.33. The highest BCUT2D eigenvalue weighted by Gasteiger charge is 2.35. The van der Waals surface area contributed by atoms with Gasteiger partial charge >= 0.3 is 0 Å². The van der Waals surface area contributed by atoms with Gasteiger partial charge in [0.05, 0.1) is 29.7 Å². The van der Waals surface area contributed by atoms with Crippen LogP contribution in [0.15, 0.2) is 29.1 Å². The van der Waals surface area contributed by atoms with Gasteiger partial charge in [0.15, 0.2) is 0 Å². The molecule has 0 N–H and O–H groups in total. The first kappa shape index (κ1) is 17.6. The normalized spacial score (nSPS) is 20.4. The summed E-state index contributed by atoms with van der Waals surface area (Å²) >= 11 is 0. The topological polar surface area (TPSA) is 73.7 Å². The summed E-state index contributed by atoms with van der Waals surface area (Å²) in [5.74, 6) is 0.409. The van der Waals surface area contributed by atoms with Crippen LogP contribution >= 0.6 is 0 Å². The number of benzene rings is 1. The number of fused-ring (bicyclic) bond motifs is 1. The smallest absolute Gasteiger partial charge is 0.261 e. The molecule has 1 fully saturated rings. The number of para-hydroxylation sites is 1. The Morgan fingerprint density at radius 3 is 2.80 bits per heavy atom. The van der Waals surface area contributed by atoms with E-state index in [9.17, 15) is 9.59 Å². The zero-order valence-corrected chi connectivity index (χ0v) is 14.8. The molecule has 1 aromatic heterocycles. The number of amides is 1. The third-order valence-electron chi connectivity index (χ3n) is 4.73. The molecule has 1 aliphatic rings. The number of hydrogen-bond acceptors (Lipinski definition) is 5. The molecule has 2 atom stereocenters. The van der Waals surface area contributed by atoms with E-state index in [0.29, 0.717) is 29.9 Å². The van der Waals surface area contributed by atoms with Crippen molar-refractivity contribution in [3.05, 3.63) is 40.4 Å². The number of nitrogens with zero attached hydrogens (tertiary/aromatic N) is 3. The third-order valence-corrected chi connectivity index (χ3v) is 4.73. The van der Waals surface area contributed by atoms with Crippen LogP contribution in [0.3, 0.4) is 0 Å². The molecule has 7 nitrogen and oxygen atoms in total. The van der Waals surface area contributed by atoms with Crippen molar-refractivity contribution in [1.29, 1.82) is 0 Å². The van der Waals surface area contributed by atoms with Gasteiger partial charge in [-0.05, 0) is 25.5 Å². The Bertz CT molecular complexity index is 833. The molecule has 0 saturated carbocycles. The number of methoxy groups -OCH3 is 2. The Kier molecular flexibility index (Phi) is 5.15. The van der Waals surface area contributed by atoms with E-state index < -0.39 is 0 Å². The summed E-state index contributed by atoms with van der Waals surface area (Å²) in [7, 11) is 3.26. The van der Waals surface area contributed by atoms with Crippen molar-refractivity contribution < 1.29 is 14.3 Å². The molecule has 2 heterocycles. The number of likely N-dealkylation sites (tertiary alicyclic amines) is 1. The Morgan fingerprint density at radius 1 is 1.32 bits per heavy atom. The fourth-order valence-electron chi connectivity index (χ4n) is 3.39. The summed E-state index contributed by atoms with van der Waals surface area (Å²) < 4.78 is 12.1. The summed E-state index contributed by atoms with van der Waals surface area (Å²) in [4.78, 5) is 31.8. The molecule has 0 spiro atoms. The van der Waals surface area contributed by atoms with Gasteiger partial charge in [-0.2, -0.15) is 0 Å². The molecular formula is C18H23N3O4. The first-order chi connectivity index (χ1) is 12.0. The molecule has 7 heteroatoms. The molecule has 25 heavy (non-hydrogen) atoms. The van der Waals surface area contributed by atoms with Gasteiger partial charge < -0.3 is 14.4 Å². The highest BCUT2D eigenvalue weighted by Crippen LogP contribution is 2.21. The van der Waals surface area contributed by atoms with E-state index in [-0.39, 0.29) is 30.2 Å². The van der Waals surface area contributed by atoms with Crippen LogP contribution < -0.4 is 5.56 Å². The van der Waals surface area contributed by atoms with Gasteiger partial charge in [0.25, 0.3) is 5.56 Å². The second-order valence-electron chi connectivity index (χ2n) is 6.32. The van der Waals surface area contributed by atoms with Crippen LogP contribution in [0.5, 0.6) is 0 Å². The summed E-state index contributed by atoms with van der Waals surface area (Å²) in [6.07, 6.45) is 0.733. The molecule has 134 valence electrons. The highest BCUT2D eigenvalue weighted by atomic mass is 16.5. The number of carbonyl (C=O) groups excluding carboxylic acids is 1. The maximum absolute atomic E-state index is 12.8. The number of rotatable bonds is 5. The molecule has 0 unspecified atom stereocenters. The predicted molar refractivity (Wildman–Crippen MR) is 93.5 cm³/mol. The van der Waals surface area contributed by atoms with Crippen LogP contribution in [0.4, 0.5) is 0 Å². The van der Waals surface area contributed by atoms with Crippen LogP contribution in [0.2, 0.25) is 0 Å². The zero-order valence-electron chi connectivity index (χ0n) is 14.8. The standard InChI is InChI=1S/C18H23N3O4/c1-12-19-16-7-5-4-6-15(16)18(23)20(12)10-17(22)21-9-14(25-3)8-13(21)11-24-2/h4-7,13-14H,8-11H2,1-3H3/t13-,14+/m0/s1. The summed E-state index contributed by atoms with van der Waals surface area (Å²) in [6.45, 7) is 2.68. The number of ether oxygens (including phenoxy) is 2. The van der Waals surface area contributed by atoms with Gasteiger partial charge in [0.1, 0.15) is 12.4 Å². The van der Waals surface area contributed by atoms with Crippen molar-refractivity contribution in [3.63, 3.8) is 0 Å². The second-order valence-corrected chi connectivity index (χ2v) is 6.32. The van der Waals surface area contributed by atoms with Crippen molar-refractivity contribution in [2.24, 2.45) is 0 Å². The molecule has 3 rings (SSSR count). The van der Waals surface area contributed by atoms with Crippen molar-refractivity contribution in [2.45, 2.75) is 32.0 Å². The average molecular weight is 345 g/mol. The molecule has 1 saturated heterocycles. The maximum atomic E-state index is 12.8. The lowest BCUT2D eigenvalue weighted by atomic mass is 10.2. The van der Waals surface area contributed by atoms with Gasteiger partial charge in [-0.25, -0.2) is 4.98 Å². The third kappa shape index (κ3) is 3.43. The van der Waals surface area contributed by atoms with Crippen molar-refractivity contribution in [1.82, 2.24) is 14.5 Å². The zero-order chi connectivity index (χ0) is 18.0. The molecule has 0 bridgehead atoms. The van der Waals surface area contributed by atoms with Crippen molar-refractivity contribution >= 4 is 16.8 Å². The fraction of sp³-hybridized carbons (Fsp3) is 0.500. The number of aromatic nitrogens is 2. The Hall–Kier alpha value is -2.25. The lowest BCUT2D eigenvalue weighted by Crippen LogP contribution is -2.42. The molecule has 2 aromatic rings. The first-order valence-corrected chi connectivity index (χ1v) is 8.32. The number of hydrogen-bond donors (Lipinski definition) is 0. The van der Waals surface area contributed by atoms with E-state index in [1.807, 2.05) is 6.07 Å². The van der Waals surface area contributed by atoms with E-state index in [4.69, 9.17) is 9.47 Å². The Labute approximate surface area is 146 Å². The monoisotopic (exact) mass is 345 g/mol. The first-order valence-electron chi connectivity index (χ1n) is 8.32. The molecular weight excluding hydrogens is 322 g/mol. The lowest BCUT2D eigenvalue weighted by molar-refractivity contribution is -0.134.